The third kappa shape index (κ3) is 2.24. The van der Waals surface area contributed by atoms with Gasteiger partial charge in [0.1, 0.15) is 11.2 Å². The molecule has 4 aliphatic carbocycles. The lowest BCUT2D eigenvalue weighted by Crippen LogP contribution is -2.49. The minimum Gasteiger partial charge on any atom is -0.458 e. The number of Topliss-reactive ketones (excluding diaryl/α,β-unsaturated/α-hetero) is 1. The molecular formula is C22H30O5. The van der Waals surface area contributed by atoms with Gasteiger partial charge < -0.3 is 14.9 Å². The molecule has 0 saturated heterocycles. The summed E-state index contributed by atoms with van der Waals surface area (Å²) in [4.78, 5) is 24.6. The number of allylic oxidation sites excluding steroid dienone is 1. The van der Waals surface area contributed by atoms with Crippen molar-refractivity contribution in [1.82, 2.24) is 0 Å². The van der Waals surface area contributed by atoms with Crippen molar-refractivity contribution in [3.63, 3.8) is 0 Å². The van der Waals surface area contributed by atoms with E-state index >= 15 is 0 Å². The van der Waals surface area contributed by atoms with Gasteiger partial charge in [0, 0.05) is 30.6 Å². The van der Waals surface area contributed by atoms with Crippen LogP contribution in [0.4, 0.5) is 0 Å². The summed E-state index contributed by atoms with van der Waals surface area (Å²) < 4.78 is 5.90. The predicted molar refractivity (Wildman–Crippen MR) is 99.5 cm³/mol. The van der Waals surface area contributed by atoms with Crippen LogP contribution in [0.25, 0.3) is 0 Å². The topological polar surface area (TPSA) is 83.8 Å². The molecule has 5 nitrogen and oxygen atoms in total. The van der Waals surface area contributed by atoms with Crippen molar-refractivity contribution >= 4 is 11.8 Å². The summed E-state index contributed by atoms with van der Waals surface area (Å²) in [6.45, 7) is 9.47. The first-order valence-electron chi connectivity index (χ1n) is 9.95. The highest BCUT2D eigenvalue weighted by Gasteiger charge is 2.79. The maximum Gasteiger partial charge on any atom is 0.303 e. The molecule has 0 amide bonds. The van der Waals surface area contributed by atoms with Crippen LogP contribution in [0.15, 0.2) is 23.3 Å². The molecule has 2 fully saturated rings. The van der Waals surface area contributed by atoms with Gasteiger partial charge in [-0.3, -0.25) is 9.59 Å². The predicted octanol–water partition coefficient (Wildman–Crippen LogP) is 2.42. The van der Waals surface area contributed by atoms with Gasteiger partial charge >= 0.3 is 5.97 Å². The van der Waals surface area contributed by atoms with E-state index in [-0.39, 0.29) is 59.8 Å². The third-order valence-electron chi connectivity index (χ3n) is 8.00. The van der Waals surface area contributed by atoms with Gasteiger partial charge in [-0.2, -0.15) is 0 Å². The SMILES string of the molecule is CC(=O)O[C@@]12C[C@@H](C)[C@H]3[C@@H](C=C(CO)C[C@]4(O)C(=O)C(C)=C[C@@H]34)[C@@H]1C2(C)C. The zero-order valence-electron chi connectivity index (χ0n) is 16.8. The number of carbonyl (C=O) groups excluding carboxylic acids is 2. The standard InChI is InChI=1S/C22H30O5/c1-11-6-16-17-12(2)8-22(27-13(3)24)18(20(22,4)5)15(17)7-14(10-23)9-21(16,26)19(11)25/h6-7,12,15-18,23,26H,8-10H2,1-5H3/t12-,15-,16+,17+,18-,21-,22+/m1/s1. The van der Waals surface area contributed by atoms with E-state index in [9.17, 15) is 19.8 Å². The Labute approximate surface area is 160 Å². The minimum atomic E-state index is -1.47. The second-order valence-electron chi connectivity index (χ2n) is 9.81. The number of esters is 1. The molecule has 0 aromatic heterocycles. The van der Waals surface area contributed by atoms with E-state index in [1.165, 1.54) is 6.92 Å². The van der Waals surface area contributed by atoms with E-state index in [2.05, 4.69) is 26.8 Å². The number of ether oxygens (including phenoxy) is 1. The van der Waals surface area contributed by atoms with Crippen LogP contribution in [0, 0.1) is 35.0 Å². The van der Waals surface area contributed by atoms with Gasteiger partial charge in [0.25, 0.3) is 0 Å². The van der Waals surface area contributed by atoms with Gasteiger partial charge in [0.2, 0.25) is 0 Å². The first-order valence-corrected chi connectivity index (χ1v) is 9.95. The van der Waals surface area contributed by atoms with Crippen LogP contribution in [0.2, 0.25) is 0 Å². The second kappa shape index (κ2) is 5.54. The number of carbonyl (C=O) groups is 2. The molecule has 0 aliphatic heterocycles. The molecule has 0 heterocycles. The van der Waals surface area contributed by atoms with E-state index in [1.807, 2.05) is 6.08 Å². The molecule has 4 aliphatic rings. The van der Waals surface area contributed by atoms with Crippen LogP contribution in [0.3, 0.4) is 0 Å². The van der Waals surface area contributed by atoms with Crippen molar-refractivity contribution in [1.29, 1.82) is 0 Å². The Morgan fingerprint density at radius 2 is 2.00 bits per heavy atom. The Morgan fingerprint density at radius 3 is 2.59 bits per heavy atom. The monoisotopic (exact) mass is 374 g/mol. The Morgan fingerprint density at radius 1 is 1.33 bits per heavy atom. The van der Waals surface area contributed by atoms with E-state index < -0.39 is 11.2 Å². The van der Waals surface area contributed by atoms with Crippen LogP contribution in [-0.2, 0) is 14.3 Å². The number of aliphatic hydroxyl groups is 2. The lowest BCUT2D eigenvalue weighted by atomic mass is 9.63. The van der Waals surface area contributed by atoms with Crippen LogP contribution < -0.4 is 0 Å². The molecule has 0 radical (unpaired) electrons. The highest BCUT2D eigenvalue weighted by Crippen LogP contribution is 2.75. The molecule has 0 aromatic carbocycles. The summed E-state index contributed by atoms with van der Waals surface area (Å²) in [6.07, 6.45) is 4.93. The van der Waals surface area contributed by atoms with Crippen molar-refractivity contribution in [3.05, 3.63) is 23.3 Å². The van der Waals surface area contributed by atoms with E-state index in [0.29, 0.717) is 11.1 Å². The van der Waals surface area contributed by atoms with Crippen LogP contribution >= 0.6 is 0 Å². The fraction of sp³-hybridized carbons (Fsp3) is 0.727. The van der Waals surface area contributed by atoms with Gasteiger partial charge in [-0.1, -0.05) is 32.9 Å². The van der Waals surface area contributed by atoms with Crippen LogP contribution in [0.1, 0.15) is 47.5 Å². The molecule has 5 heteroatoms. The lowest BCUT2D eigenvalue weighted by Gasteiger charge is -2.43. The minimum absolute atomic E-state index is 0.0548. The number of aliphatic hydroxyl groups excluding tert-OH is 1. The fourth-order valence-corrected chi connectivity index (χ4v) is 6.94. The zero-order valence-corrected chi connectivity index (χ0v) is 16.8. The van der Waals surface area contributed by atoms with E-state index in [0.717, 1.165) is 6.42 Å². The third-order valence-corrected chi connectivity index (χ3v) is 8.00. The summed E-state index contributed by atoms with van der Waals surface area (Å²) in [5, 5.41) is 21.3. The molecule has 0 unspecified atom stereocenters. The quantitative estimate of drug-likeness (QED) is 0.573. The van der Waals surface area contributed by atoms with Gasteiger partial charge in [-0.05, 0) is 42.2 Å². The van der Waals surface area contributed by atoms with Crippen LogP contribution in [0.5, 0.6) is 0 Å². The number of hydrogen-bond donors (Lipinski definition) is 2. The summed E-state index contributed by atoms with van der Waals surface area (Å²) in [5.74, 6) is -0.310. The van der Waals surface area contributed by atoms with Crippen molar-refractivity contribution in [3.8, 4) is 0 Å². The maximum absolute atomic E-state index is 12.8. The van der Waals surface area contributed by atoms with Gasteiger partial charge in [-0.15, -0.1) is 0 Å². The summed E-state index contributed by atoms with van der Waals surface area (Å²) in [7, 11) is 0. The summed E-state index contributed by atoms with van der Waals surface area (Å²) in [5.41, 5.74) is -0.820. The number of hydrogen-bond acceptors (Lipinski definition) is 5. The Hall–Kier alpha value is -1.46. The zero-order chi connectivity index (χ0) is 19.9. The maximum atomic E-state index is 12.8. The first kappa shape index (κ1) is 18.9. The number of rotatable bonds is 2. The molecule has 0 bridgehead atoms. The first-order chi connectivity index (χ1) is 12.5. The van der Waals surface area contributed by atoms with Crippen molar-refractivity contribution < 1.29 is 24.5 Å². The molecular weight excluding hydrogens is 344 g/mol. The van der Waals surface area contributed by atoms with Crippen molar-refractivity contribution in [2.45, 2.75) is 58.7 Å². The molecule has 27 heavy (non-hydrogen) atoms. The number of ketones is 1. The van der Waals surface area contributed by atoms with Crippen LogP contribution in [-0.4, -0.2) is 39.8 Å². The van der Waals surface area contributed by atoms with Gasteiger partial charge in [0.05, 0.1) is 6.61 Å². The summed E-state index contributed by atoms with van der Waals surface area (Å²) >= 11 is 0. The molecule has 0 spiro atoms. The molecule has 7 atom stereocenters. The lowest BCUT2D eigenvalue weighted by molar-refractivity contribution is -0.156. The van der Waals surface area contributed by atoms with Crippen molar-refractivity contribution in [2.75, 3.05) is 6.61 Å². The Bertz CT molecular complexity index is 778. The molecule has 2 N–H and O–H groups in total. The smallest absolute Gasteiger partial charge is 0.303 e. The van der Waals surface area contributed by atoms with Gasteiger partial charge in [0.15, 0.2) is 5.78 Å². The largest absolute Gasteiger partial charge is 0.458 e. The highest BCUT2D eigenvalue weighted by atomic mass is 16.6. The highest BCUT2D eigenvalue weighted by molar-refractivity contribution is 6.04. The number of fused-ring (bicyclic) bond motifs is 5. The average Bonchev–Trinajstić information content (AvgIpc) is 2.99. The molecule has 4 rings (SSSR count). The molecule has 2 saturated carbocycles. The molecule has 0 aromatic rings. The van der Waals surface area contributed by atoms with Gasteiger partial charge in [-0.25, -0.2) is 0 Å². The Kier molecular flexibility index (Phi) is 3.88. The molecule has 148 valence electrons. The summed E-state index contributed by atoms with van der Waals surface area (Å²) in [6, 6.07) is 0. The second-order valence-corrected chi connectivity index (χ2v) is 9.81. The average molecular weight is 374 g/mol. The Balaban J connectivity index is 1.83. The fourth-order valence-electron chi connectivity index (χ4n) is 6.94. The van der Waals surface area contributed by atoms with Crippen molar-refractivity contribution in [2.24, 2.45) is 35.0 Å². The normalized spacial score (nSPS) is 47.1. The van der Waals surface area contributed by atoms with E-state index in [1.54, 1.807) is 6.92 Å². The van der Waals surface area contributed by atoms with E-state index in [4.69, 9.17) is 4.74 Å².